The SMILES string of the molecule is CN=C(NCCNC(=O)Cc1ccc(F)cc1)NC(C)c1ccccc1.I. The fourth-order valence-electron chi connectivity index (χ4n) is 2.46. The lowest BCUT2D eigenvalue weighted by atomic mass is 10.1. The highest BCUT2D eigenvalue weighted by Crippen LogP contribution is 2.10. The summed E-state index contributed by atoms with van der Waals surface area (Å²) in [6, 6.07) is 16.2. The molecule has 2 aromatic rings. The van der Waals surface area contributed by atoms with E-state index in [-0.39, 0.29) is 48.2 Å². The zero-order valence-electron chi connectivity index (χ0n) is 15.5. The van der Waals surface area contributed by atoms with E-state index in [0.717, 1.165) is 5.56 Å². The van der Waals surface area contributed by atoms with Crippen molar-refractivity contribution < 1.29 is 9.18 Å². The van der Waals surface area contributed by atoms with Crippen molar-refractivity contribution in [2.75, 3.05) is 20.1 Å². The van der Waals surface area contributed by atoms with Gasteiger partial charge in [0.1, 0.15) is 5.82 Å². The predicted molar refractivity (Wildman–Crippen MR) is 118 cm³/mol. The van der Waals surface area contributed by atoms with Gasteiger partial charge >= 0.3 is 0 Å². The van der Waals surface area contributed by atoms with Gasteiger partial charge in [-0.25, -0.2) is 4.39 Å². The monoisotopic (exact) mass is 484 g/mol. The second-order valence-corrected chi connectivity index (χ2v) is 5.93. The second kappa shape index (κ2) is 12.3. The zero-order valence-corrected chi connectivity index (χ0v) is 17.9. The maximum absolute atomic E-state index is 12.9. The Bertz CT molecular complexity index is 723. The van der Waals surface area contributed by atoms with Gasteiger partial charge in [-0.15, -0.1) is 24.0 Å². The summed E-state index contributed by atoms with van der Waals surface area (Å²) in [6.45, 7) is 3.09. The Kier molecular flexibility index (Phi) is 10.4. The first-order valence-corrected chi connectivity index (χ1v) is 8.61. The molecular formula is C20H26FIN4O. The van der Waals surface area contributed by atoms with Crippen LogP contribution in [0.4, 0.5) is 4.39 Å². The third-order valence-electron chi connectivity index (χ3n) is 3.89. The van der Waals surface area contributed by atoms with Crippen LogP contribution >= 0.6 is 24.0 Å². The number of hydrogen-bond donors (Lipinski definition) is 3. The van der Waals surface area contributed by atoms with Gasteiger partial charge in [0.05, 0.1) is 12.5 Å². The van der Waals surface area contributed by atoms with Gasteiger partial charge in [0.2, 0.25) is 5.91 Å². The van der Waals surface area contributed by atoms with Crippen LogP contribution in [0.5, 0.6) is 0 Å². The Labute approximate surface area is 176 Å². The first-order chi connectivity index (χ1) is 12.6. The van der Waals surface area contributed by atoms with Crippen LogP contribution in [0.1, 0.15) is 24.1 Å². The molecule has 2 aromatic carbocycles. The van der Waals surface area contributed by atoms with Crippen LogP contribution in [-0.2, 0) is 11.2 Å². The molecule has 0 saturated carbocycles. The van der Waals surface area contributed by atoms with E-state index in [1.54, 1.807) is 19.2 Å². The van der Waals surface area contributed by atoms with E-state index in [9.17, 15) is 9.18 Å². The van der Waals surface area contributed by atoms with E-state index in [2.05, 4.69) is 40.0 Å². The fraction of sp³-hybridized carbons (Fsp3) is 0.300. The van der Waals surface area contributed by atoms with Crippen LogP contribution in [0, 0.1) is 5.82 Å². The minimum atomic E-state index is -0.304. The van der Waals surface area contributed by atoms with Gasteiger partial charge in [0, 0.05) is 20.1 Å². The van der Waals surface area contributed by atoms with Crippen LogP contribution in [0.25, 0.3) is 0 Å². The molecule has 0 aliphatic heterocycles. The average Bonchev–Trinajstić information content (AvgIpc) is 2.66. The number of nitrogens with one attached hydrogen (secondary N) is 3. The number of hydrogen-bond acceptors (Lipinski definition) is 2. The van der Waals surface area contributed by atoms with Gasteiger partial charge < -0.3 is 16.0 Å². The number of carbonyl (C=O) groups excluding carboxylic acids is 1. The maximum atomic E-state index is 12.9. The molecule has 1 unspecified atom stereocenters. The van der Waals surface area contributed by atoms with Crippen molar-refractivity contribution in [3.8, 4) is 0 Å². The number of aliphatic imine (C=N–C) groups is 1. The number of rotatable bonds is 7. The highest BCUT2D eigenvalue weighted by molar-refractivity contribution is 14.0. The maximum Gasteiger partial charge on any atom is 0.224 e. The summed E-state index contributed by atoms with van der Waals surface area (Å²) in [5, 5.41) is 9.31. The molecule has 7 heteroatoms. The van der Waals surface area contributed by atoms with Crippen LogP contribution in [0.15, 0.2) is 59.6 Å². The molecule has 1 amide bonds. The second-order valence-electron chi connectivity index (χ2n) is 5.93. The standard InChI is InChI=1S/C20H25FN4O.HI/c1-15(17-6-4-3-5-7-17)25-20(22-2)24-13-12-23-19(26)14-16-8-10-18(21)11-9-16;/h3-11,15H,12-14H2,1-2H3,(H,23,26)(H2,22,24,25);1H. The van der Waals surface area contributed by atoms with Gasteiger partial charge in [-0.2, -0.15) is 0 Å². The quantitative estimate of drug-likeness (QED) is 0.245. The molecule has 0 radical (unpaired) electrons. The van der Waals surface area contributed by atoms with E-state index in [4.69, 9.17) is 0 Å². The van der Waals surface area contributed by atoms with Gasteiger partial charge in [-0.05, 0) is 30.2 Å². The first-order valence-electron chi connectivity index (χ1n) is 8.61. The van der Waals surface area contributed by atoms with E-state index >= 15 is 0 Å². The van der Waals surface area contributed by atoms with Crippen molar-refractivity contribution in [3.05, 3.63) is 71.5 Å². The van der Waals surface area contributed by atoms with Crippen molar-refractivity contribution in [2.24, 2.45) is 4.99 Å². The Morgan fingerprint density at radius 2 is 1.67 bits per heavy atom. The third-order valence-corrected chi connectivity index (χ3v) is 3.89. The molecule has 146 valence electrons. The Morgan fingerprint density at radius 3 is 2.30 bits per heavy atom. The van der Waals surface area contributed by atoms with Gasteiger partial charge in [-0.3, -0.25) is 9.79 Å². The number of guanidine groups is 1. The van der Waals surface area contributed by atoms with E-state index < -0.39 is 0 Å². The fourth-order valence-corrected chi connectivity index (χ4v) is 2.46. The Hall–Kier alpha value is -2.16. The topological polar surface area (TPSA) is 65.5 Å². The number of nitrogens with zero attached hydrogens (tertiary/aromatic N) is 1. The molecule has 0 bridgehead atoms. The lowest BCUT2D eigenvalue weighted by molar-refractivity contribution is -0.120. The Balaban J connectivity index is 0.00000364. The summed E-state index contributed by atoms with van der Waals surface area (Å²) in [4.78, 5) is 16.1. The highest BCUT2D eigenvalue weighted by Gasteiger charge is 2.07. The zero-order chi connectivity index (χ0) is 18.8. The number of benzene rings is 2. The van der Waals surface area contributed by atoms with Crippen molar-refractivity contribution in [1.29, 1.82) is 0 Å². The summed E-state index contributed by atoms with van der Waals surface area (Å²) in [6.07, 6.45) is 0.234. The van der Waals surface area contributed by atoms with Crippen molar-refractivity contribution in [1.82, 2.24) is 16.0 Å². The summed E-state index contributed by atoms with van der Waals surface area (Å²) in [5.41, 5.74) is 1.95. The number of carbonyl (C=O) groups is 1. The molecule has 0 saturated heterocycles. The molecule has 0 heterocycles. The van der Waals surface area contributed by atoms with Crippen LogP contribution in [0.2, 0.25) is 0 Å². The number of halogens is 2. The predicted octanol–water partition coefficient (Wildman–Crippen LogP) is 3.03. The summed E-state index contributed by atoms with van der Waals surface area (Å²) >= 11 is 0. The molecule has 0 aliphatic carbocycles. The van der Waals surface area contributed by atoms with Crippen molar-refractivity contribution in [2.45, 2.75) is 19.4 Å². The average molecular weight is 484 g/mol. The highest BCUT2D eigenvalue weighted by atomic mass is 127. The van der Waals surface area contributed by atoms with Gasteiger partial charge in [0.25, 0.3) is 0 Å². The van der Waals surface area contributed by atoms with E-state index in [1.807, 2.05) is 18.2 Å². The summed E-state index contributed by atoms with van der Waals surface area (Å²) < 4.78 is 12.9. The van der Waals surface area contributed by atoms with Crippen LogP contribution in [0.3, 0.4) is 0 Å². The van der Waals surface area contributed by atoms with Crippen molar-refractivity contribution >= 4 is 35.8 Å². The minimum absolute atomic E-state index is 0. The molecule has 2 rings (SSSR count). The lowest BCUT2D eigenvalue weighted by Gasteiger charge is -2.18. The molecule has 27 heavy (non-hydrogen) atoms. The molecule has 0 aromatic heterocycles. The smallest absolute Gasteiger partial charge is 0.224 e. The lowest BCUT2D eigenvalue weighted by Crippen LogP contribution is -2.42. The number of amides is 1. The normalized spacial score (nSPS) is 11.9. The van der Waals surface area contributed by atoms with E-state index in [0.29, 0.717) is 19.0 Å². The summed E-state index contributed by atoms with van der Waals surface area (Å²) in [5.74, 6) is 0.273. The molecule has 0 aliphatic rings. The Morgan fingerprint density at radius 1 is 1.04 bits per heavy atom. The van der Waals surface area contributed by atoms with E-state index in [1.165, 1.54) is 17.7 Å². The molecule has 5 nitrogen and oxygen atoms in total. The minimum Gasteiger partial charge on any atom is -0.355 e. The van der Waals surface area contributed by atoms with Gasteiger partial charge in [0.15, 0.2) is 5.96 Å². The first kappa shape index (κ1) is 22.9. The molecule has 0 spiro atoms. The molecule has 1 atom stereocenters. The molecule has 0 fully saturated rings. The van der Waals surface area contributed by atoms with Crippen molar-refractivity contribution in [3.63, 3.8) is 0 Å². The largest absolute Gasteiger partial charge is 0.355 e. The third kappa shape index (κ3) is 8.38. The van der Waals surface area contributed by atoms with Gasteiger partial charge in [-0.1, -0.05) is 42.5 Å². The van der Waals surface area contributed by atoms with Crippen LogP contribution in [-0.4, -0.2) is 32.0 Å². The van der Waals surface area contributed by atoms with Crippen LogP contribution < -0.4 is 16.0 Å². The molecular weight excluding hydrogens is 458 g/mol. The molecule has 3 N–H and O–H groups in total. The summed E-state index contributed by atoms with van der Waals surface area (Å²) in [7, 11) is 1.71.